The van der Waals surface area contributed by atoms with Crippen LogP contribution >= 0.6 is 11.6 Å². The van der Waals surface area contributed by atoms with Crippen LogP contribution in [0.3, 0.4) is 0 Å². The maximum Gasteiger partial charge on any atom is 0.177 e. The average Bonchev–Trinajstić information content (AvgIpc) is 2.84. The maximum atomic E-state index is 6.16. The predicted octanol–water partition coefficient (Wildman–Crippen LogP) is 3.95. The van der Waals surface area contributed by atoms with E-state index in [4.69, 9.17) is 21.9 Å². The lowest BCUT2D eigenvalue weighted by atomic mass is 10.00. The maximum absolute atomic E-state index is 6.16. The Morgan fingerprint density at radius 3 is 2.80 bits per heavy atom. The van der Waals surface area contributed by atoms with Gasteiger partial charge >= 0.3 is 0 Å². The highest BCUT2D eigenvalue weighted by Crippen LogP contribution is 2.38. The van der Waals surface area contributed by atoms with Gasteiger partial charge < -0.3 is 10.3 Å². The Kier molecular flexibility index (Phi) is 3.16. The smallest absolute Gasteiger partial charge is 0.177 e. The minimum atomic E-state index is 0.340. The average molecular weight is 286 g/mol. The topological polar surface area (TPSA) is 64.9 Å². The molecule has 1 aromatic carbocycles. The first-order valence-electron chi connectivity index (χ1n) is 6.09. The van der Waals surface area contributed by atoms with Crippen LogP contribution in [0.25, 0.3) is 22.5 Å². The number of aromatic nitrogens is 2. The standard InChI is InChI=1S/C15H12ClN3O/c1-9-11(5-2-6-12(9)16)14-13(15(17)19-20-14)10-4-3-7-18-8-10/h2-8H,1H3,(H2,17,19). The molecule has 0 aliphatic heterocycles. The second-order valence-electron chi connectivity index (χ2n) is 4.43. The van der Waals surface area contributed by atoms with Crippen LogP contribution in [0, 0.1) is 6.92 Å². The van der Waals surface area contributed by atoms with Crippen LogP contribution in [-0.2, 0) is 0 Å². The van der Waals surface area contributed by atoms with Crippen molar-refractivity contribution in [3.8, 4) is 22.5 Å². The molecule has 3 aromatic rings. The summed E-state index contributed by atoms with van der Waals surface area (Å²) in [5.41, 5.74) is 9.34. The summed E-state index contributed by atoms with van der Waals surface area (Å²) in [4.78, 5) is 4.11. The zero-order valence-electron chi connectivity index (χ0n) is 10.8. The number of benzene rings is 1. The van der Waals surface area contributed by atoms with Gasteiger partial charge in [-0.25, -0.2) is 0 Å². The summed E-state index contributed by atoms with van der Waals surface area (Å²) in [5, 5.41) is 4.55. The molecule has 0 saturated carbocycles. The van der Waals surface area contributed by atoms with E-state index in [1.165, 1.54) is 0 Å². The van der Waals surface area contributed by atoms with Gasteiger partial charge in [0.2, 0.25) is 0 Å². The lowest BCUT2D eigenvalue weighted by Gasteiger charge is -2.06. The first kappa shape index (κ1) is 12.7. The minimum absolute atomic E-state index is 0.340. The summed E-state index contributed by atoms with van der Waals surface area (Å²) in [6.07, 6.45) is 3.43. The summed E-state index contributed by atoms with van der Waals surface area (Å²) < 4.78 is 5.41. The Balaban J connectivity index is 2.24. The first-order chi connectivity index (χ1) is 9.68. The first-order valence-corrected chi connectivity index (χ1v) is 6.47. The van der Waals surface area contributed by atoms with Crippen LogP contribution in [0.4, 0.5) is 5.82 Å². The van der Waals surface area contributed by atoms with E-state index in [0.717, 1.165) is 22.3 Å². The normalized spacial score (nSPS) is 10.7. The van der Waals surface area contributed by atoms with Crippen molar-refractivity contribution in [2.75, 3.05) is 5.73 Å². The fourth-order valence-corrected chi connectivity index (χ4v) is 2.30. The molecule has 0 radical (unpaired) electrons. The van der Waals surface area contributed by atoms with Crippen LogP contribution in [0.15, 0.2) is 47.2 Å². The van der Waals surface area contributed by atoms with Gasteiger partial charge in [0.1, 0.15) is 0 Å². The number of rotatable bonds is 2. The number of pyridine rings is 1. The van der Waals surface area contributed by atoms with Gasteiger partial charge in [-0.3, -0.25) is 4.98 Å². The highest BCUT2D eigenvalue weighted by atomic mass is 35.5. The minimum Gasteiger partial charge on any atom is -0.380 e. The Morgan fingerprint density at radius 1 is 1.20 bits per heavy atom. The van der Waals surface area contributed by atoms with Crippen LogP contribution in [-0.4, -0.2) is 10.1 Å². The number of nitrogens with zero attached hydrogens (tertiary/aromatic N) is 2. The van der Waals surface area contributed by atoms with Crippen LogP contribution in [0.1, 0.15) is 5.56 Å². The molecule has 0 atom stereocenters. The van der Waals surface area contributed by atoms with Crippen molar-refractivity contribution >= 4 is 17.4 Å². The quantitative estimate of drug-likeness (QED) is 0.774. The fourth-order valence-electron chi connectivity index (χ4n) is 2.13. The molecule has 2 heterocycles. The van der Waals surface area contributed by atoms with E-state index < -0.39 is 0 Å². The number of hydrogen-bond acceptors (Lipinski definition) is 4. The molecule has 0 aliphatic carbocycles. The lowest BCUT2D eigenvalue weighted by Crippen LogP contribution is -1.90. The molecule has 2 aromatic heterocycles. The summed E-state index contributed by atoms with van der Waals surface area (Å²) in [6.45, 7) is 1.93. The monoisotopic (exact) mass is 285 g/mol. The van der Waals surface area contributed by atoms with Gasteiger partial charge in [0.25, 0.3) is 0 Å². The molecule has 0 spiro atoms. The van der Waals surface area contributed by atoms with E-state index >= 15 is 0 Å². The van der Waals surface area contributed by atoms with E-state index in [9.17, 15) is 0 Å². The molecule has 20 heavy (non-hydrogen) atoms. The van der Waals surface area contributed by atoms with E-state index in [1.54, 1.807) is 12.4 Å². The Hall–Kier alpha value is -2.33. The van der Waals surface area contributed by atoms with E-state index in [2.05, 4.69) is 10.1 Å². The highest BCUT2D eigenvalue weighted by Gasteiger charge is 2.19. The molecule has 0 saturated heterocycles. The molecule has 0 amide bonds. The molecule has 0 bridgehead atoms. The van der Waals surface area contributed by atoms with Gasteiger partial charge in [-0.15, -0.1) is 0 Å². The van der Waals surface area contributed by atoms with Crippen molar-refractivity contribution in [2.45, 2.75) is 6.92 Å². The summed E-state index contributed by atoms with van der Waals surface area (Å²) >= 11 is 6.16. The summed E-state index contributed by atoms with van der Waals surface area (Å²) in [5.74, 6) is 0.947. The molecule has 0 fully saturated rings. The second-order valence-corrected chi connectivity index (χ2v) is 4.83. The second kappa shape index (κ2) is 4.98. The fraction of sp³-hybridized carbons (Fsp3) is 0.0667. The highest BCUT2D eigenvalue weighted by molar-refractivity contribution is 6.31. The summed E-state index contributed by atoms with van der Waals surface area (Å²) in [6, 6.07) is 9.40. The van der Waals surface area contributed by atoms with Crippen molar-refractivity contribution in [3.05, 3.63) is 53.3 Å². The number of nitrogens with two attached hydrogens (primary N) is 1. The predicted molar refractivity (Wildman–Crippen MR) is 79.3 cm³/mol. The molecule has 100 valence electrons. The molecule has 0 aliphatic rings. The number of halogens is 1. The summed E-state index contributed by atoms with van der Waals surface area (Å²) in [7, 11) is 0. The van der Waals surface area contributed by atoms with Gasteiger partial charge in [-0.05, 0) is 24.6 Å². The SMILES string of the molecule is Cc1c(Cl)cccc1-c1onc(N)c1-c1cccnc1. The van der Waals surface area contributed by atoms with Gasteiger partial charge in [0, 0.05) is 28.5 Å². The lowest BCUT2D eigenvalue weighted by molar-refractivity contribution is 0.436. The van der Waals surface area contributed by atoms with E-state index in [1.807, 2.05) is 37.3 Å². The Morgan fingerprint density at radius 2 is 2.05 bits per heavy atom. The zero-order valence-corrected chi connectivity index (χ0v) is 11.6. The van der Waals surface area contributed by atoms with Gasteiger partial charge in [-0.2, -0.15) is 0 Å². The molecular formula is C15H12ClN3O. The number of nitrogen functional groups attached to an aromatic ring is 1. The molecule has 4 nitrogen and oxygen atoms in total. The number of hydrogen-bond donors (Lipinski definition) is 1. The third kappa shape index (κ3) is 2.04. The van der Waals surface area contributed by atoms with Crippen molar-refractivity contribution in [2.24, 2.45) is 0 Å². The molecule has 2 N–H and O–H groups in total. The van der Waals surface area contributed by atoms with Gasteiger partial charge in [-0.1, -0.05) is 35.0 Å². The van der Waals surface area contributed by atoms with Crippen molar-refractivity contribution in [1.82, 2.24) is 10.1 Å². The van der Waals surface area contributed by atoms with Crippen molar-refractivity contribution < 1.29 is 4.52 Å². The molecule has 0 unspecified atom stereocenters. The molecular weight excluding hydrogens is 274 g/mol. The molecule has 5 heteroatoms. The van der Waals surface area contributed by atoms with Crippen LogP contribution < -0.4 is 5.73 Å². The van der Waals surface area contributed by atoms with Crippen LogP contribution in [0.2, 0.25) is 5.02 Å². The van der Waals surface area contributed by atoms with Crippen LogP contribution in [0.5, 0.6) is 0 Å². The van der Waals surface area contributed by atoms with E-state index in [-0.39, 0.29) is 0 Å². The van der Waals surface area contributed by atoms with Gasteiger partial charge in [0.15, 0.2) is 11.6 Å². The molecule has 3 rings (SSSR count). The Labute approximate surface area is 121 Å². The number of anilines is 1. The van der Waals surface area contributed by atoms with Crippen molar-refractivity contribution in [3.63, 3.8) is 0 Å². The Bertz CT molecular complexity index is 753. The third-order valence-corrected chi connectivity index (χ3v) is 3.59. The van der Waals surface area contributed by atoms with Gasteiger partial charge in [0.05, 0.1) is 5.56 Å². The largest absolute Gasteiger partial charge is 0.380 e. The third-order valence-electron chi connectivity index (χ3n) is 3.18. The zero-order chi connectivity index (χ0) is 14.1. The van der Waals surface area contributed by atoms with E-state index in [0.29, 0.717) is 16.6 Å². The van der Waals surface area contributed by atoms with Crippen molar-refractivity contribution in [1.29, 1.82) is 0 Å².